The van der Waals surface area contributed by atoms with Crippen LogP contribution in [0.25, 0.3) is 5.69 Å². The van der Waals surface area contributed by atoms with Crippen molar-refractivity contribution in [3.05, 3.63) is 81.7 Å². The number of hydrogen-bond acceptors (Lipinski definition) is 5. The number of aryl methyl sites for hydroxylation is 2. The molecule has 0 saturated heterocycles. The number of rotatable bonds is 6. The number of methoxy groups -OCH3 is 1. The summed E-state index contributed by atoms with van der Waals surface area (Å²) in [7, 11) is 1.32. The van der Waals surface area contributed by atoms with Crippen LogP contribution in [0, 0.1) is 20.8 Å². The van der Waals surface area contributed by atoms with Gasteiger partial charge in [-0.05, 0) is 68.8 Å². The minimum atomic E-state index is -1.20. The molecule has 8 nitrogen and oxygen atoms in total. The predicted octanol–water partition coefficient (Wildman–Crippen LogP) is 4.34. The highest BCUT2D eigenvalue weighted by Gasteiger charge is 2.16. The smallest absolute Gasteiger partial charge is 0.337 e. The molecule has 0 atom stereocenters. The maximum atomic E-state index is 11.7. The van der Waals surface area contributed by atoms with Crippen molar-refractivity contribution in [3.63, 3.8) is 0 Å². The highest BCUT2D eigenvalue weighted by molar-refractivity contribution is 5.95. The Hall–Kier alpha value is -4.20. The summed E-state index contributed by atoms with van der Waals surface area (Å²) in [6.07, 6.45) is 1.68. The van der Waals surface area contributed by atoms with Gasteiger partial charge in [-0.15, -0.1) is 0 Å². The lowest BCUT2D eigenvalue weighted by Crippen LogP contribution is -2.07. The molecule has 2 N–H and O–H groups in total. The first-order chi connectivity index (χ1) is 15.1. The molecule has 0 aliphatic heterocycles. The van der Waals surface area contributed by atoms with Crippen molar-refractivity contribution in [1.29, 1.82) is 0 Å². The molecule has 0 spiro atoms. The van der Waals surface area contributed by atoms with E-state index in [0.29, 0.717) is 16.9 Å². The van der Waals surface area contributed by atoms with Gasteiger partial charge in [0.25, 0.3) is 0 Å². The number of benzene rings is 2. The van der Waals surface area contributed by atoms with E-state index in [-0.39, 0.29) is 11.1 Å². The summed E-state index contributed by atoms with van der Waals surface area (Å²) >= 11 is 0. The van der Waals surface area contributed by atoms with E-state index in [1.54, 1.807) is 29.0 Å². The molecule has 3 aromatic rings. The van der Waals surface area contributed by atoms with Gasteiger partial charge in [-0.1, -0.05) is 0 Å². The fourth-order valence-electron chi connectivity index (χ4n) is 3.49. The molecule has 0 aliphatic carbocycles. The van der Waals surface area contributed by atoms with Crippen LogP contribution in [0.1, 0.15) is 53.6 Å². The molecular formula is C24H22N2O6. The number of nitrogens with zero attached hydrogens (tertiary/aromatic N) is 2. The van der Waals surface area contributed by atoms with Crippen LogP contribution in [0.4, 0.5) is 5.69 Å². The molecule has 0 aliphatic rings. The lowest BCUT2D eigenvalue weighted by molar-refractivity contribution is 0.0598. The molecule has 0 radical (unpaired) electrons. The zero-order valence-corrected chi connectivity index (χ0v) is 18.0. The number of ether oxygens (including phenoxy) is 1. The molecule has 1 heterocycles. The fourth-order valence-corrected chi connectivity index (χ4v) is 3.49. The molecule has 8 heteroatoms. The average Bonchev–Trinajstić information content (AvgIpc) is 3.04. The van der Waals surface area contributed by atoms with Crippen LogP contribution < -0.4 is 0 Å². The molecule has 1 aromatic heterocycles. The van der Waals surface area contributed by atoms with Crippen LogP contribution in [0.15, 0.2) is 47.5 Å². The number of carboxylic acid groups (broad SMARTS) is 2. The number of esters is 1. The second-order valence-electron chi connectivity index (χ2n) is 7.29. The Bertz CT molecular complexity index is 1240. The van der Waals surface area contributed by atoms with Crippen LogP contribution in [0.5, 0.6) is 0 Å². The van der Waals surface area contributed by atoms with E-state index in [2.05, 4.69) is 4.99 Å². The second-order valence-corrected chi connectivity index (χ2v) is 7.29. The van der Waals surface area contributed by atoms with Crippen molar-refractivity contribution in [2.75, 3.05) is 7.11 Å². The Morgan fingerprint density at radius 3 is 2.06 bits per heavy atom. The van der Waals surface area contributed by atoms with E-state index in [1.807, 2.05) is 26.8 Å². The van der Waals surface area contributed by atoms with Crippen LogP contribution in [-0.2, 0) is 4.74 Å². The monoisotopic (exact) mass is 434 g/mol. The zero-order valence-electron chi connectivity index (χ0n) is 18.0. The van der Waals surface area contributed by atoms with E-state index in [1.165, 1.54) is 19.2 Å². The third kappa shape index (κ3) is 4.44. The standard InChI is InChI=1S/C24H22N2O6/c1-13-7-16(24(31)32-4)5-6-21(13)25-12-19-8-14(2)26(15(19)3)20-10-17(22(27)28)9-18(11-20)23(29)30/h5-12H,1-4H3,(H,27,28)(H,29,30). The summed E-state index contributed by atoms with van der Waals surface area (Å²) in [4.78, 5) is 39.1. The molecular weight excluding hydrogens is 412 g/mol. The molecule has 32 heavy (non-hydrogen) atoms. The average molecular weight is 434 g/mol. The zero-order chi connectivity index (χ0) is 23.6. The van der Waals surface area contributed by atoms with E-state index < -0.39 is 17.9 Å². The van der Waals surface area contributed by atoms with Crippen molar-refractivity contribution in [3.8, 4) is 5.69 Å². The van der Waals surface area contributed by atoms with E-state index in [0.717, 1.165) is 28.6 Å². The molecule has 0 amide bonds. The summed E-state index contributed by atoms with van der Waals surface area (Å²) in [5, 5.41) is 18.7. The van der Waals surface area contributed by atoms with E-state index >= 15 is 0 Å². The van der Waals surface area contributed by atoms with Crippen LogP contribution in [-0.4, -0.2) is 46.0 Å². The number of carbonyl (C=O) groups excluding carboxylic acids is 1. The van der Waals surface area contributed by atoms with Crippen molar-refractivity contribution >= 4 is 29.8 Å². The van der Waals surface area contributed by atoms with Crippen LogP contribution >= 0.6 is 0 Å². The summed E-state index contributed by atoms with van der Waals surface area (Å²) in [6, 6.07) is 11.0. The van der Waals surface area contributed by atoms with E-state index in [4.69, 9.17) is 4.74 Å². The third-order valence-electron chi connectivity index (χ3n) is 5.10. The lowest BCUT2D eigenvalue weighted by atomic mass is 10.1. The van der Waals surface area contributed by atoms with Gasteiger partial charge < -0.3 is 19.5 Å². The quantitative estimate of drug-likeness (QED) is 0.440. The van der Waals surface area contributed by atoms with Gasteiger partial charge in [0, 0.05) is 28.9 Å². The third-order valence-corrected chi connectivity index (χ3v) is 5.10. The lowest BCUT2D eigenvalue weighted by Gasteiger charge is -2.12. The number of aromatic nitrogens is 1. The first kappa shape index (κ1) is 22.5. The Kier molecular flexibility index (Phi) is 6.25. The van der Waals surface area contributed by atoms with Gasteiger partial charge in [-0.25, -0.2) is 14.4 Å². The SMILES string of the molecule is COC(=O)c1ccc(N=Cc2cc(C)n(-c3cc(C(=O)O)cc(C(=O)O)c3)c2C)c(C)c1. The first-order valence-electron chi connectivity index (χ1n) is 9.66. The molecule has 0 fully saturated rings. The van der Waals surface area contributed by atoms with Crippen molar-refractivity contribution in [1.82, 2.24) is 4.57 Å². The second kappa shape index (κ2) is 8.89. The fraction of sp³-hybridized carbons (Fsp3) is 0.167. The van der Waals surface area contributed by atoms with Crippen molar-refractivity contribution in [2.45, 2.75) is 20.8 Å². The molecule has 3 rings (SSSR count). The normalized spacial score (nSPS) is 11.0. The highest BCUT2D eigenvalue weighted by atomic mass is 16.5. The molecule has 164 valence electrons. The Morgan fingerprint density at radius 2 is 1.53 bits per heavy atom. The summed E-state index contributed by atoms with van der Waals surface area (Å²) in [6.45, 7) is 5.53. The molecule has 2 aromatic carbocycles. The number of carboxylic acids is 2. The summed E-state index contributed by atoms with van der Waals surface area (Å²) in [5.41, 5.74) is 4.51. The van der Waals surface area contributed by atoms with Crippen molar-refractivity contribution < 1.29 is 29.3 Å². The van der Waals surface area contributed by atoms with Gasteiger partial charge in [0.15, 0.2) is 0 Å². The van der Waals surface area contributed by atoms with E-state index in [9.17, 15) is 24.6 Å². The minimum Gasteiger partial charge on any atom is -0.478 e. The van der Waals surface area contributed by atoms with Gasteiger partial charge in [-0.2, -0.15) is 0 Å². The largest absolute Gasteiger partial charge is 0.478 e. The minimum absolute atomic E-state index is 0.107. The maximum absolute atomic E-state index is 11.7. The number of aliphatic imine (C=N–C) groups is 1. The van der Waals surface area contributed by atoms with Gasteiger partial charge >= 0.3 is 17.9 Å². The Morgan fingerprint density at radius 1 is 0.906 bits per heavy atom. The summed E-state index contributed by atoms with van der Waals surface area (Å²) < 4.78 is 6.51. The number of aromatic carboxylic acids is 2. The van der Waals surface area contributed by atoms with Crippen LogP contribution in [0.2, 0.25) is 0 Å². The summed E-state index contributed by atoms with van der Waals surface area (Å²) in [5.74, 6) is -2.83. The van der Waals surface area contributed by atoms with Gasteiger partial charge in [-0.3, -0.25) is 4.99 Å². The Balaban J connectivity index is 2.01. The molecule has 0 bridgehead atoms. The van der Waals surface area contributed by atoms with Gasteiger partial charge in [0.1, 0.15) is 0 Å². The van der Waals surface area contributed by atoms with Crippen molar-refractivity contribution in [2.24, 2.45) is 4.99 Å². The van der Waals surface area contributed by atoms with Gasteiger partial charge in [0.2, 0.25) is 0 Å². The maximum Gasteiger partial charge on any atom is 0.337 e. The molecule has 0 unspecified atom stereocenters. The highest BCUT2D eigenvalue weighted by Crippen LogP contribution is 2.24. The topological polar surface area (TPSA) is 118 Å². The first-order valence-corrected chi connectivity index (χ1v) is 9.66. The van der Waals surface area contributed by atoms with Gasteiger partial charge in [0.05, 0.1) is 29.5 Å². The molecule has 0 saturated carbocycles. The predicted molar refractivity (Wildman–Crippen MR) is 119 cm³/mol. The number of carbonyl (C=O) groups is 3. The van der Waals surface area contributed by atoms with Crippen LogP contribution in [0.3, 0.4) is 0 Å². The Labute approximate surface area is 184 Å². The number of hydrogen-bond donors (Lipinski definition) is 2.